The van der Waals surface area contributed by atoms with Crippen LogP contribution >= 0.6 is 15.9 Å². The molecule has 7 heteroatoms. The number of rotatable bonds is 6. The Morgan fingerprint density at radius 2 is 2.09 bits per heavy atom. The van der Waals surface area contributed by atoms with Crippen molar-refractivity contribution in [1.29, 1.82) is 0 Å². The third-order valence-electron chi connectivity index (χ3n) is 3.28. The van der Waals surface area contributed by atoms with Crippen LogP contribution in [0.15, 0.2) is 21.1 Å². The van der Waals surface area contributed by atoms with Gasteiger partial charge in [0.1, 0.15) is 12.4 Å². The van der Waals surface area contributed by atoms with E-state index in [2.05, 4.69) is 21.1 Å². The Morgan fingerprint density at radius 3 is 2.65 bits per heavy atom. The Morgan fingerprint density at radius 1 is 1.35 bits per heavy atom. The summed E-state index contributed by atoms with van der Waals surface area (Å²) in [7, 11) is 1.52. The van der Waals surface area contributed by atoms with E-state index in [-0.39, 0.29) is 6.61 Å². The number of halogens is 1. The van der Waals surface area contributed by atoms with Crippen LogP contribution in [0.4, 0.5) is 0 Å². The van der Waals surface area contributed by atoms with Gasteiger partial charge in [-0.15, -0.1) is 0 Å². The number of benzene rings is 1. The molecule has 124 valence electrons. The standard InChI is InChI=1S/C16H18BrNO5/c1-5-21-15-13(17)6-11(7-14(15)20-4)16(19)22-8-12-9(2)18-23-10(12)3/h6-7H,5,8H2,1-4H3. The van der Waals surface area contributed by atoms with E-state index in [9.17, 15) is 4.79 Å². The molecule has 0 atom stereocenters. The maximum absolute atomic E-state index is 12.3. The molecule has 0 unspecified atom stereocenters. The molecule has 2 aromatic rings. The fourth-order valence-corrected chi connectivity index (χ4v) is 2.61. The van der Waals surface area contributed by atoms with Crippen molar-refractivity contribution in [3.05, 3.63) is 39.2 Å². The van der Waals surface area contributed by atoms with E-state index in [1.165, 1.54) is 7.11 Å². The van der Waals surface area contributed by atoms with Gasteiger partial charge in [0.15, 0.2) is 11.5 Å². The molecule has 0 saturated carbocycles. The first kappa shape index (κ1) is 17.3. The summed E-state index contributed by atoms with van der Waals surface area (Å²) in [5.74, 6) is 1.19. The molecule has 2 rings (SSSR count). The summed E-state index contributed by atoms with van der Waals surface area (Å²) in [5, 5.41) is 3.83. The number of methoxy groups -OCH3 is 1. The molecule has 0 aliphatic carbocycles. The predicted octanol–water partition coefficient (Wildman–Crippen LogP) is 3.82. The topological polar surface area (TPSA) is 70.8 Å². The first-order valence-corrected chi connectivity index (χ1v) is 7.86. The van der Waals surface area contributed by atoms with Crippen molar-refractivity contribution in [3.63, 3.8) is 0 Å². The zero-order valence-corrected chi connectivity index (χ0v) is 15.0. The fourth-order valence-electron chi connectivity index (χ4n) is 2.05. The second kappa shape index (κ2) is 7.50. The van der Waals surface area contributed by atoms with Crippen molar-refractivity contribution in [3.8, 4) is 11.5 Å². The molecule has 0 N–H and O–H groups in total. The summed E-state index contributed by atoms with van der Waals surface area (Å²) in [6.45, 7) is 6.05. The Labute approximate surface area is 142 Å². The molecule has 0 aliphatic rings. The summed E-state index contributed by atoms with van der Waals surface area (Å²) < 4.78 is 21.8. The summed E-state index contributed by atoms with van der Waals surface area (Å²) in [5.41, 5.74) is 1.85. The quantitative estimate of drug-likeness (QED) is 0.706. The molecular weight excluding hydrogens is 366 g/mol. The van der Waals surface area contributed by atoms with E-state index in [4.69, 9.17) is 18.7 Å². The van der Waals surface area contributed by atoms with E-state index >= 15 is 0 Å². The SMILES string of the molecule is CCOc1c(Br)cc(C(=O)OCc2c(C)noc2C)cc1OC. The van der Waals surface area contributed by atoms with Crippen LogP contribution in [0.1, 0.15) is 34.3 Å². The van der Waals surface area contributed by atoms with Gasteiger partial charge in [-0.3, -0.25) is 0 Å². The molecule has 6 nitrogen and oxygen atoms in total. The zero-order valence-electron chi connectivity index (χ0n) is 13.4. The second-order valence-electron chi connectivity index (χ2n) is 4.80. The molecule has 0 radical (unpaired) electrons. The maximum Gasteiger partial charge on any atom is 0.338 e. The van der Waals surface area contributed by atoms with Crippen LogP contribution in [0, 0.1) is 13.8 Å². The normalized spacial score (nSPS) is 10.5. The molecule has 0 aliphatic heterocycles. The molecule has 0 spiro atoms. The van der Waals surface area contributed by atoms with Crippen LogP contribution < -0.4 is 9.47 Å². The zero-order chi connectivity index (χ0) is 17.0. The highest BCUT2D eigenvalue weighted by atomic mass is 79.9. The van der Waals surface area contributed by atoms with Crippen molar-refractivity contribution < 1.29 is 23.5 Å². The number of ether oxygens (including phenoxy) is 3. The van der Waals surface area contributed by atoms with Gasteiger partial charge in [-0.05, 0) is 48.8 Å². The Bertz CT molecular complexity index is 691. The van der Waals surface area contributed by atoms with Gasteiger partial charge in [-0.25, -0.2) is 4.79 Å². The molecule has 23 heavy (non-hydrogen) atoms. The van der Waals surface area contributed by atoms with Gasteiger partial charge in [0.2, 0.25) is 0 Å². The van der Waals surface area contributed by atoms with Gasteiger partial charge in [-0.2, -0.15) is 0 Å². The van der Waals surface area contributed by atoms with Crippen LogP contribution in [0.5, 0.6) is 11.5 Å². The molecule has 1 heterocycles. The lowest BCUT2D eigenvalue weighted by Crippen LogP contribution is -2.07. The second-order valence-corrected chi connectivity index (χ2v) is 5.66. The van der Waals surface area contributed by atoms with E-state index < -0.39 is 5.97 Å². The number of hydrogen-bond donors (Lipinski definition) is 0. The Balaban J connectivity index is 2.18. The number of carbonyl (C=O) groups is 1. The minimum atomic E-state index is -0.466. The average molecular weight is 384 g/mol. The number of hydrogen-bond acceptors (Lipinski definition) is 6. The minimum Gasteiger partial charge on any atom is -0.493 e. The number of carbonyl (C=O) groups excluding carboxylic acids is 1. The van der Waals surface area contributed by atoms with Crippen molar-refractivity contribution in [2.45, 2.75) is 27.4 Å². The summed E-state index contributed by atoms with van der Waals surface area (Å²) in [4.78, 5) is 12.3. The summed E-state index contributed by atoms with van der Waals surface area (Å²) in [6, 6.07) is 3.23. The highest BCUT2D eigenvalue weighted by Gasteiger charge is 2.18. The molecule has 0 fully saturated rings. The highest BCUT2D eigenvalue weighted by molar-refractivity contribution is 9.10. The first-order chi connectivity index (χ1) is 11.0. The molecule has 0 saturated heterocycles. The fraction of sp³-hybridized carbons (Fsp3) is 0.375. The summed E-state index contributed by atoms with van der Waals surface area (Å²) in [6.07, 6.45) is 0. The smallest absolute Gasteiger partial charge is 0.338 e. The van der Waals surface area contributed by atoms with Gasteiger partial charge in [-0.1, -0.05) is 5.16 Å². The monoisotopic (exact) mass is 383 g/mol. The number of aryl methyl sites for hydroxylation is 2. The van der Waals surface area contributed by atoms with Gasteiger partial charge in [0.05, 0.1) is 35.0 Å². The van der Waals surface area contributed by atoms with Crippen molar-refractivity contribution in [2.24, 2.45) is 0 Å². The lowest BCUT2D eigenvalue weighted by atomic mass is 10.2. The van der Waals surface area contributed by atoms with E-state index in [1.54, 1.807) is 26.0 Å². The van der Waals surface area contributed by atoms with E-state index in [0.29, 0.717) is 39.6 Å². The van der Waals surface area contributed by atoms with Crippen LogP contribution in [0.2, 0.25) is 0 Å². The molecular formula is C16H18BrNO5. The van der Waals surface area contributed by atoms with Gasteiger partial charge >= 0.3 is 5.97 Å². The van der Waals surface area contributed by atoms with Crippen LogP contribution in [-0.2, 0) is 11.3 Å². The van der Waals surface area contributed by atoms with Gasteiger partial charge in [0.25, 0.3) is 0 Å². The van der Waals surface area contributed by atoms with Crippen LogP contribution in [0.25, 0.3) is 0 Å². The number of aromatic nitrogens is 1. The lowest BCUT2D eigenvalue weighted by Gasteiger charge is -2.13. The summed E-state index contributed by atoms with van der Waals surface area (Å²) >= 11 is 3.38. The average Bonchev–Trinajstić information content (AvgIpc) is 2.85. The highest BCUT2D eigenvalue weighted by Crippen LogP contribution is 2.36. The van der Waals surface area contributed by atoms with Crippen molar-refractivity contribution >= 4 is 21.9 Å². The third-order valence-corrected chi connectivity index (χ3v) is 3.87. The van der Waals surface area contributed by atoms with Crippen molar-refractivity contribution in [2.75, 3.05) is 13.7 Å². The molecule has 0 bridgehead atoms. The predicted molar refractivity (Wildman–Crippen MR) is 87.0 cm³/mol. The minimum absolute atomic E-state index is 0.104. The van der Waals surface area contributed by atoms with Gasteiger partial charge < -0.3 is 18.7 Å². The van der Waals surface area contributed by atoms with Gasteiger partial charge in [0, 0.05) is 0 Å². The number of esters is 1. The van der Waals surface area contributed by atoms with E-state index in [1.807, 2.05) is 6.92 Å². The van der Waals surface area contributed by atoms with Crippen LogP contribution in [-0.4, -0.2) is 24.8 Å². The molecule has 0 amide bonds. The van der Waals surface area contributed by atoms with Crippen molar-refractivity contribution in [1.82, 2.24) is 5.16 Å². The largest absolute Gasteiger partial charge is 0.493 e. The van der Waals surface area contributed by atoms with E-state index in [0.717, 1.165) is 5.56 Å². The number of nitrogens with zero attached hydrogens (tertiary/aromatic N) is 1. The first-order valence-electron chi connectivity index (χ1n) is 7.07. The maximum atomic E-state index is 12.3. The molecule has 1 aromatic heterocycles. The lowest BCUT2D eigenvalue weighted by molar-refractivity contribution is 0.0470. The molecule has 1 aromatic carbocycles. The Kier molecular flexibility index (Phi) is 5.65. The van der Waals surface area contributed by atoms with Crippen LogP contribution in [0.3, 0.4) is 0 Å². The third kappa shape index (κ3) is 3.85. The Hall–Kier alpha value is -2.02.